The average Bonchev–Trinajstić information content (AvgIpc) is 2.98. The summed E-state index contributed by atoms with van der Waals surface area (Å²) in [6.45, 7) is 3.81. The number of aromatic nitrogens is 2. The Morgan fingerprint density at radius 2 is 1.85 bits per heavy atom. The number of hydrogen-bond acceptors (Lipinski definition) is 4. The highest BCUT2D eigenvalue weighted by Crippen LogP contribution is 2.45. The fourth-order valence-electron chi connectivity index (χ4n) is 3.40. The fourth-order valence-corrected chi connectivity index (χ4v) is 3.40. The van der Waals surface area contributed by atoms with Crippen molar-refractivity contribution in [3.8, 4) is 17.6 Å². The Hall–Kier alpha value is -3.59. The quantitative estimate of drug-likeness (QED) is 0.753. The Morgan fingerprint density at radius 1 is 1.15 bits per heavy atom. The number of rotatable bonds is 2. The Morgan fingerprint density at radius 3 is 2.52 bits per heavy atom. The second-order valence-electron chi connectivity index (χ2n) is 6.50. The topological polar surface area (TPSA) is 76.9 Å². The van der Waals surface area contributed by atoms with Crippen LogP contribution in [0.4, 0.5) is 4.39 Å². The van der Waals surface area contributed by atoms with Gasteiger partial charge in [-0.25, -0.2) is 9.07 Å². The molecule has 0 radical (unpaired) electrons. The molecule has 134 valence electrons. The van der Waals surface area contributed by atoms with Crippen molar-refractivity contribution in [1.29, 1.82) is 5.26 Å². The minimum absolute atomic E-state index is 0.0356. The molecule has 1 atom stereocenters. The van der Waals surface area contributed by atoms with Crippen LogP contribution in [0, 0.1) is 31.0 Å². The SMILES string of the molecule is Cc1ccc(-n2nc(C)c3c2OC(N)=C(C#N)[C@@H]3c2ccccc2F)cc1. The standard InChI is InChI=1S/C21H17FN4O/c1-12-7-9-14(10-8-12)26-21-18(13(2)25-26)19(16(11-23)20(24)27-21)15-5-3-4-6-17(15)22/h3-10,19H,24H2,1-2H3/t19-/m0/s1. The number of ether oxygens (including phenoxy) is 1. The van der Waals surface area contributed by atoms with E-state index >= 15 is 0 Å². The van der Waals surface area contributed by atoms with Gasteiger partial charge in [-0.05, 0) is 32.0 Å². The molecule has 2 N–H and O–H groups in total. The molecule has 3 aromatic rings. The van der Waals surface area contributed by atoms with Crippen LogP contribution < -0.4 is 10.5 Å². The van der Waals surface area contributed by atoms with Gasteiger partial charge in [0.05, 0.1) is 22.9 Å². The number of fused-ring (bicyclic) bond motifs is 1. The van der Waals surface area contributed by atoms with E-state index in [-0.39, 0.29) is 11.5 Å². The molecule has 0 saturated carbocycles. The van der Waals surface area contributed by atoms with Crippen molar-refractivity contribution >= 4 is 0 Å². The molecule has 1 aliphatic rings. The summed E-state index contributed by atoms with van der Waals surface area (Å²) in [5.74, 6) is -0.704. The summed E-state index contributed by atoms with van der Waals surface area (Å²) >= 11 is 0. The van der Waals surface area contributed by atoms with E-state index in [1.807, 2.05) is 38.1 Å². The average molecular weight is 360 g/mol. The minimum atomic E-state index is -0.667. The van der Waals surface area contributed by atoms with Gasteiger partial charge in [0.15, 0.2) is 0 Å². The molecule has 1 aromatic heterocycles. The summed E-state index contributed by atoms with van der Waals surface area (Å²) in [5, 5.41) is 14.2. The lowest BCUT2D eigenvalue weighted by atomic mass is 9.84. The maximum atomic E-state index is 14.6. The third kappa shape index (κ3) is 2.64. The molecule has 0 bridgehead atoms. The third-order valence-electron chi connectivity index (χ3n) is 4.73. The van der Waals surface area contributed by atoms with Gasteiger partial charge in [0.1, 0.15) is 17.5 Å². The van der Waals surface area contributed by atoms with Gasteiger partial charge in [-0.3, -0.25) is 0 Å². The monoisotopic (exact) mass is 360 g/mol. The number of aryl methyl sites for hydroxylation is 2. The summed E-state index contributed by atoms with van der Waals surface area (Å²) in [7, 11) is 0. The molecule has 0 saturated heterocycles. The first-order valence-electron chi connectivity index (χ1n) is 8.50. The van der Waals surface area contributed by atoms with E-state index in [1.54, 1.807) is 22.9 Å². The smallest absolute Gasteiger partial charge is 0.229 e. The van der Waals surface area contributed by atoms with Gasteiger partial charge in [0.25, 0.3) is 0 Å². The Bertz CT molecular complexity index is 1110. The van der Waals surface area contributed by atoms with Crippen LogP contribution in [-0.4, -0.2) is 9.78 Å². The molecule has 0 spiro atoms. The lowest BCUT2D eigenvalue weighted by Crippen LogP contribution is -2.22. The predicted octanol–water partition coefficient (Wildman–Crippen LogP) is 3.85. The zero-order chi connectivity index (χ0) is 19.1. The van der Waals surface area contributed by atoms with E-state index in [2.05, 4.69) is 11.2 Å². The minimum Gasteiger partial charge on any atom is -0.422 e. The van der Waals surface area contributed by atoms with Gasteiger partial charge in [-0.2, -0.15) is 10.4 Å². The lowest BCUT2D eigenvalue weighted by molar-refractivity contribution is 0.366. The summed E-state index contributed by atoms with van der Waals surface area (Å²) in [6, 6.07) is 16.2. The number of nitriles is 1. The number of allylic oxidation sites excluding steroid dienone is 1. The lowest BCUT2D eigenvalue weighted by Gasteiger charge is -2.25. The van der Waals surface area contributed by atoms with Crippen molar-refractivity contribution in [2.24, 2.45) is 5.73 Å². The van der Waals surface area contributed by atoms with Crippen LogP contribution in [-0.2, 0) is 0 Å². The maximum Gasteiger partial charge on any atom is 0.229 e. The first-order valence-corrected chi connectivity index (χ1v) is 8.50. The molecule has 0 aliphatic carbocycles. The normalized spacial score (nSPS) is 15.9. The van der Waals surface area contributed by atoms with Crippen LogP contribution in [0.5, 0.6) is 5.88 Å². The third-order valence-corrected chi connectivity index (χ3v) is 4.73. The fraction of sp³-hybridized carbons (Fsp3) is 0.143. The summed E-state index contributed by atoms with van der Waals surface area (Å²) in [4.78, 5) is 0. The molecule has 0 unspecified atom stereocenters. The number of nitrogens with zero attached hydrogens (tertiary/aromatic N) is 3. The predicted molar refractivity (Wildman–Crippen MR) is 98.7 cm³/mol. The van der Waals surface area contributed by atoms with Crippen molar-refractivity contribution in [3.63, 3.8) is 0 Å². The molecule has 5 nitrogen and oxygen atoms in total. The van der Waals surface area contributed by atoms with Crippen molar-refractivity contribution < 1.29 is 9.13 Å². The summed E-state index contributed by atoms with van der Waals surface area (Å²) in [5.41, 5.74) is 9.79. The first kappa shape index (κ1) is 16.9. The molecule has 2 heterocycles. The number of hydrogen-bond donors (Lipinski definition) is 1. The Kier molecular flexibility index (Phi) is 3.93. The highest BCUT2D eigenvalue weighted by molar-refractivity contribution is 5.57. The van der Waals surface area contributed by atoms with Gasteiger partial charge in [0.2, 0.25) is 11.8 Å². The van der Waals surface area contributed by atoms with E-state index in [0.29, 0.717) is 22.7 Å². The molecule has 2 aromatic carbocycles. The van der Waals surface area contributed by atoms with E-state index in [4.69, 9.17) is 10.5 Å². The molecular formula is C21H17FN4O. The Balaban J connectivity index is 1.97. The number of halogens is 1. The maximum absolute atomic E-state index is 14.6. The van der Waals surface area contributed by atoms with E-state index in [1.165, 1.54) is 6.07 Å². The second-order valence-corrected chi connectivity index (χ2v) is 6.50. The highest BCUT2D eigenvalue weighted by Gasteiger charge is 2.37. The summed E-state index contributed by atoms with van der Waals surface area (Å²) in [6.07, 6.45) is 0. The van der Waals surface area contributed by atoms with Crippen molar-refractivity contribution in [3.05, 3.63) is 88.2 Å². The zero-order valence-corrected chi connectivity index (χ0v) is 14.9. The van der Waals surface area contributed by atoms with Crippen LogP contribution in [0.2, 0.25) is 0 Å². The molecule has 27 heavy (non-hydrogen) atoms. The van der Waals surface area contributed by atoms with Crippen LogP contribution in [0.3, 0.4) is 0 Å². The van der Waals surface area contributed by atoms with Crippen molar-refractivity contribution in [2.45, 2.75) is 19.8 Å². The van der Waals surface area contributed by atoms with Gasteiger partial charge in [-0.1, -0.05) is 35.9 Å². The largest absolute Gasteiger partial charge is 0.422 e. The van der Waals surface area contributed by atoms with E-state index in [9.17, 15) is 9.65 Å². The van der Waals surface area contributed by atoms with E-state index in [0.717, 1.165) is 11.3 Å². The van der Waals surface area contributed by atoms with Crippen molar-refractivity contribution in [2.75, 3.05) is 0 Å². The van der Waals surface area contributed by atoms with Crippen LogP contribution in [0.1, 0.15) is 28.3 Å². The summed E-state index contributed by atoms with van der Waals surface area (Å²) < 4.78 is 22.0. The van der Waals surface area contributed by atoms with Crippen LogP contribution >= 0.6 is 0 Å². The molecule has 4 rings (SSSR count). The van der Waals surface area contributed by atoms with Crippen LogP contribution in [0.25, 0.3) is 5.69 Å². The van der Waals surface area contributed by atoms with Gasteiger partial charge < -0.3 is 10.5 Å². The highest BCUT2D eigenvalue weighted by atomic mass is 19.1. The molecule has 6 heteroatoms. The van der Waals surface area contributed by atoms with E-state index < -0.39 is 11.7 Å². The molecule has 0 fully saturated rings. The van der Waals surface area contributed by atoms with Gasteiger partial charge in [-0.15, -0.1) is 0 Å². The van der Waals surface area contributed by atoms with Crippen molar-refractivity contribution in [1.82, 2.24) is 9.78 Å². The van der Waals surface area contributed by atoms with Crippen LogP contribution in [0.15, 0.2) is 60.0 Å². The second kappa shape index (κ2) is 6.29. The number of benzene rings is 2. The molecule has 1 aliphatic heterocycles. The van der Waals surface area contributed by atoms with Gasteiger partial charge in [0, 0.05) is 5.56 Å². The molecule has 0 amide bonds. The number of nitrogens with two attached hydrogens (primary N) is 1. The molecular weight excluding hydrogens is 343 g/mol. The Labute approximate surface area is 156 Å². The first-order chi connectivity index (χ1) is 13.0. The zero-order valence-electron chi connectivity index (χ0n) is 14.9. The van der Waals surface area contributed by atoms with Gasteiger partial charge >= 0.3 is 0 Å².